The van der Waals surface area contributed by atoms with Crippen molar-refractivity contribution in [3.63, 3.8) is 0 Å². The van der Waals surface area contributed by atoms with Gasteiger partial charge in [0.1, 0.15) is 36.3 Å². The fourth-order valence-electron chi connectivity index (χ4n) is 6.02. The highest BCUT2D eigenvalue weighted by molar-refractivity contribution is 5.77. The van der Waals surface area contributed by atoms with Gasteiger partial charge in [-0.1, -0.05) is 53.7 Å². The first-order chi connectivity index (χ1) is 21.5. The van der Waals surface area contributed by atoms with Crippen molar-refractivity contribution < 1.29 is 64.2 Å². The number of benzene rings is 1. The van der Waals surface area contributed by atoms with E-state index in [-0.39, 0.29) is 30.7 Å². The van der Waals surface area contributed by atoms with Crippen molar-refractivity contribution >= 4 is 5.91 Å². The van der Waals surface area contributed by atoms with Gasteiger partial charge in [-0.15, -0.1) is 0 Å². The second-order valence-electron chi connectivity index (χ2n) is 14.1. The van der Waals surface area contributed by atoms with Crippen molar-refractivity contribution in [3.05, 3.63) is 29.8 Å². The van der Waals surface area contributed by atoms with E-state index in [4.69, 9.17) is 23.7 Å². The Balaban J connectivity index is 1.64. The van der Waals surface area contributed by atoms with Gasteiger partial charge in [-0.25, -0.2) is 0 Å². The largest absolute Gasteiger partial charge is 0.484 e. The maximum absolute atomic E-state index is 12.9. The minimum atomic E-state index is -1.67. The third kappa shape index (κ3) is 10.3. The number of carbonyl (C=O) groups excluding carboxylic acids is 1. The molecular formula is C32H53NO13. The molecule has 264 valence electrons. The van der Waals surface area contributed by atoms with Crippen LogP contribution in [0, 0.1) is 11.3 Å². The van der Waals surface area contributed by atoms with Gasteiger partial charge < -0.3 is 64.7 Å². The molecular weight excluding hydrogens is 606 g/mol. The number of hydrogen-bond donors (Lipinski definition) is 8. The molecule has 2 saturated heterocycles. The van der Waals surface area contributed by atoms with Crippen LogP contribution in [0.2, 0.25) is 0 Å². The molecule has 14 nitrogen and oxygen atoms in total. The summed E-state index contributed by atoms with van der Waals surface area (Å²) in [5.41, 5.74) is 1.21. The second-order valence-corrected chi connectivity index (χ2v) is 14.1. The number of ether oxygens (including phenoxy) is 5. The molecule has 11 atom stereocenters. The van der Waals surface area contributed by atoms with E-state index in [1.54, 1.807) is 19.1 Å². The summed E-state index contributed by atoms with van der Waals surface area (Å²) in [6.45, 7) is 10.4. The average Bonchev–Trinajstić information content (AvgIpc) is 2.99. The van der Waals surface area contributed by atoms with Gasteiger partial charge in [-0.3, -0.25) is 4.79 Å². The Hall–Kier alpha value is -1.95. The molecule has 1 amide bonds. The number of nitrogens with one attached hydrogen (secondary N) is 1. The Morgan fingerprint density at radius 2 is 1.33 bits per heavy atom. The molecule has 8 N–H and O–H groups in total. The van der Waals surface area contributed by atoms with Crippen molar-refractivity contribution in [1.82, 2.24) is 5.32 Å². The lowest BCUT2D eigenvalue weighted by Crippen LogP contribution is -2.60. The van der Waals surface area contributed by atoms with Crippen molar-refractivity contribution in [2.24, 2.45) is 11.3 Å². The number of aliphatic hydroxyl groups excluding tert-OH is 7. The van der Waals surface area contributed by atoms with Gasteiger partial charge >= 0.3 is 0 Å². The number of aliphatic hydroxyl groups is 7. The number of amides is 1. The highest BCUT2D eigenvalue weighted by Crippen LogP contribution is 2.36. The zero-order chi connectivity index (χ0) is 34.4. The van der Waals surface area contributed by atoms with Gasteiger partial charge in [0.15, 0.2) is 19.2 Å². The second kappa shape index (κ2) is 16.4. The molecule has 2 aliphatic rings. The third-order valence-corrected chi connectivity index (χ3v) is 8.36. The molecule has 3 rings (SSSR count). The normalized spacial score (nSPS) is 33.0. The van der Waals surface area contributed by atoms with Gasteiger partial charge in [0.05, 0.1) is 44.7 Å². The maximum Gasteiger partial charge on any atom is 0.258 e. The Kier molecular flexibility index (Phi) is 13.8. The smallest absolute Gasteiger partial charge is 0.258 e. The molecule has 5 unspecified atom stereocenters. The lowest BCUT2D eigenvalue weighted by molar-refractivity contribution is -0.306. The summed E-state index contributed by atoms with van der Waals surface area (Å²) in [7, 11) is 0. The molecule has 0 radical (unpaired) electrons. The Bertz CT molecular complexity index is 1040. The van der Waals surface area contributed by atoms with E-state index in [1.165, 1.54) is 0 Å². The Labute approximate surface area is 270 Å². The van der Waals surface area contributed by atoms with Crippen molar-refractivity contribution in [2.75, 3.05) is 33.0 Å². The van der Waals surface area contributed by atoms with E-state index >= 15 is 0 Å². The van der Waals surface area contributed by atoms with Gasteiger partial charge in [-0.05, 0) is 34.9 Å². The molecule has 0 aliphatic carbocycles. The van der Waals surface area contributed by atoms with Crippen LogP contribution >= 0.6 is 0 Å². The number of rotatable bonds is 14. The summed E-state index contributed by atoms with van der Waals surface area (Å²) in [6.07, 6.45) is -11.4. The summed E-state index contributed by atoms with van der Waals surface area (Å²) in [4.78, 5) is 12.9. The SMILES string of the molecule is C[C@H]1C(CO)O[C@H](OCC(CO[C@H]2OC(CO)[C@H](O)C(O)[C@H]2O)NC(=O)COc2ccc(C(C)(C)CC(C)(C)C)cc2)[C@H](O)C1O. The maximum atomic E-state index is 12.9. The first-order valence-corrected chi connectivity index (χ1v) is 15.7. The minimum Gasteiger partial charge on any atom is -0.484 e. The summed E-state index contributed by atoms with van der Waals surface area (Å²) in [6, 6.07) is 6.56. The predicted octanol–water partition coefficient (Wildman–Crippen LogP) is -0.828. The molecule has 1 aromatic rings. The van der Waals surface area contributed by atoms with Crippen LogP contribution in [0.4, 0.5) is 0 Å². The molecule has 46 heavy (non-hydrogen) atoms. The third-order valence-electron chi connectivity index (χ3n) is 8.36. The van der Waals surface area contributed by atoms with Crippen LogP contribution in [0.25, 0.3) is 0 Å². The van der Waals surface area contributed by atoms with Crippen LogP contribution < -0.4 is 10.1 Å². The number of hydrogen-bond acceptors (Lipinski definition) is 13. The lowest BCUT2D eigenvalue weighted by atomic mass is 9.72. The quantitative estimate of drug-likeness (QED) is 0.123. The fourth-order valence-corrected chi connectivity index (χ4v) is 6.02. The molecule has 0 spiro atoms. The van der Waals surface area contributed by atoms with Crippen LogP contribution in [-0.4, -0.2) is 136 Å². The van der Waals surface area contributed by atoms with E-state index < -0.39 is 86.4 Å². The van der Waals surface area contributed by atoms with Gasteiger partial charge in [0.2, 0.25) is 0 Å². The van der Waals surface area contributed by atoms with Crippen molar-refractivity contribution in [3.8, 4) is 5.75 Å². The topological polar surface area (TPSA) is 217 Å². The summed E-state index contributed by atoms with van der Waals surface area (Å²) >= 11 is 0. The monoisotopic (exact) mass is 659 g/mol. The molecule has 0 saturated carbocycles. The minimum absolute atomic E-state index is 0.0662. The first kappa shape index (κ1) is 38.5. The molecule has 0 bridgehead atoms. The first-order valence-electron chi connectivity index (χ1n) is 15.7. The zero-order valence-corrected chi connectivity index (χ0v) is 27.5. The molecule has 2 fully saturated rings. The van der Waals surface area contributed by atoms with Gasteiger partial charge in [0, 0.05) is 5.92 Å². The van der Waals surface area contributed by atoms with Crippen molar-refractivity contribution in [2.45, 2.75) is 115 Å². The van der Waals surface area contributed by atoms with E-state index in [9.17, 15) is 40.5 Å². The highest BCUT2D eigenvalue weighted by Gasteiger charge is 2.45. The van der Waals surface area contributed by atoms with E-state index in [0.717, 1.165) is 12.0 Å². The average molecular weight is 660 g/mol. The summed E-state index contributed by atoms with van der Waals surface area (Å²) in [5, 5.41) is 73.1. The van der Waals surface area contributed by atoms with E-state index in [2.05, 4.69) is 39.9 Å². The highest BCUT2D eigenvalue weighted by atomic mass is 16.7. The lowest BCUT2D eigenvalue weighted by Gasteiger charge is -2.41. The van der Waals surface area contributed by atoms with E-state index in [0.29, 0.717) is 5.75 Å². The number of carbonyl (C=O) groups is 1. The van der Waals surface area contributed by atoms with Gasteiger partial charge in [0.25, 0.3) is 5.91 Å². The van der Waals surface area contributed by atoms with Crippen LogP contribution in [0.15, 0.2) is 24.3 Å². The van der Waals surface area contributed by atoms with Crippen LogP contribution in [-0.2, 0) is 29.2 Å². The fraction of sp³-hybridized carbons (Fsp3) is 0.781. The predicted molar refractivity (Wildman–Crippen MR) is 164 cm³/mol. The molecule has 14 heteroatoms. The molecule has 1 aromatic carbocycles. The van der Waals surface area contributed by atoms with Crippen LogP contribution in [0.3, 0.4) is 0 Å². The molecule has 0 aromatic heterocycles. The Morgan fingerprint density at radius 3 is 1.85 bits per heavy atom. The van der Waals surface area contributed by atoms with Crippen LogP contribution in [0.5, 0.6) is 5.75 Å². The van der Waals surface area contributed by atoms with E-state index in [1.807, 2.05) is 12.1 Å². The van der Waals surface area contributed by atoms with Crippen molar-refractivity contribution in [1.29, 1.82) is 0 Å². The molecule has 2 heterocycles. The Morgan fingerprint density at radius 1 is 0.804 bits per heavy atom. The summed E-state index contributed by atoms with van der Waals surface area (Å²) in [5.74, 6) is -0.650. The summed E-state index contributed by atoms with van der Waals surface area (Å²) < 4.78 is 28.0. The molecule has 2 aliphatic heterocycles. The van der Waals surface area contributed by atoms with Gasteiger partial charge in [-0.2, -0.15) is 0 Å². The standard InChI is InChI=1S/C32H53NO13/c1-17-21(11-34)45-29(27(40)24(17)37)43-13-19(14-44-30-28(41)26(39)25(38)22(12-35)46-30)33-23(36)15-42-20-9-7-18(8-10-20)32(5,6)16-31(2,3)4/h7-10,17,19,21-22,24-30,34-35,37-41H,11-16H2,1-6H3,(H,33,36)/t17-,19?,21?,22?,24?,25-,26?,27+,28+,29-,30-/m0/s1. The van der Waals surface area contributed by atoms with Crippen LogP contribution in [0.1, 0.15) is 53.5 Å². The zero-order valence-electron chi connectivity index (χ0n) is 27.5.